The summed E-state index contributed by atoms with van der Waals surface area (Å²) in [5.74, 6) is 0.801. The van der Waals surface area contributed by atoms with Gasteiger partial charge in [-0.1, -0.05) is 67.0 Å². The number of aryl methyl sites for hydroxylation is 2. The first kappa shape index (κ1) is 21.7. The third-order valence-corrected chi connectivity index (χ3v) is 6.08. The van der Waals surface area contributed by atoms with E-state index >= 15 is 0 Å². The van der Waals surface area contributed by atoms with E-state index in [-0.39, 0.29) is 11.7 Å². The normalized spacial score (nSPS) is 10.9. The van der Waals surface area contributed by atoms with Gasteiger partial charge in [0.25, 0.3) is 0 Å². The van der Waals surface area contributed by atoms with Gasteiger partial charge in [-0.25, -0.2) is 0 Å². The summed E-state index contributed by atoms with van der Waals surface area (Å²) >= 11 is 13.9. The SMILES string of the molecule is CCc1cccc(CC)c1-n1c(SCC(=O)NC)nnc1-c1ccc(Cl)cc1Cl. The number of carbonyl (C=O) groups is 1. The van der Waals surface area contributed by atoms with Crippen molar-refractivity contribution in [3.05, 3.63) is 57.6 Å². The number of aromatic nitrogens is 3. The van der Waals surface area contributed by atoms with Crippen molar-refractivity contribution < 1.29 is 4.79 Å². The van der Waals surface area contributed by atoms with E-state index in [2.05, 4.69) is 47.6 Å². The second-order valence-corrected chi connectivity index (χ2v) is 8.15. The van der Waals surface area contributed by atoms with Gasteiger partial charge in [-0.2, -0.15) is 0 Å². The molecule has 0 saturated carbocycles. The van der Waals surface area contributed by atoms with Crippen LogP contribution in [0.3, 0.4) is 0 Å². The van der Waals surface area contributed by atoms with Gasteiger partial charge >= 0.3 is 0 Å². The highest BCUT2D eigenvalue weighted by Crippen LogP contribution is 2.35. The lowest BCUT2D eigenvalue weighted by atomic mass is 10.0. The predicted octanol–water partition coefficient (Wildman–Crippen LogP) is 5.20. The lowest BCUT2D eigenvalue weighted by Gasteiger charge is -2.18. The fourth-order valence-electron chi connectivity index (χ4n) is 3.11. The molecule has 1 N–H and O–H groups in total. The quantitative estimate of drug-likeness (QED) is 0.504. The van der Waals surface area contributed by atoms with Gasteiger partial charge in [-0.15, -0.1) is 10.2 Å². The van der Waals surface area contributed by atoms with Crippen molar-refractivity contribution in [2.75, 3.05) is 12.8 Å². The molecule has 0 spiro atoms. The highest BCUT2D eigenvalue weighted by Gasteiger charge is 2.22. The maximum atomic E-state index is 11.8. The van der Waals surface area contributed by atoms with Gasteiger partial charge in [0, 0.05) is 17.6 Å². The number of thioether (sulfide) groups is 1. The first-order valence-electron chi connectivity index (χ1n) is 9.35. The molecule has 0 saturated heterocycles. The van der Waals surface area contributed by atoms with Crippen LogP contribution in [0.5, 0.6) is 0 Å². The van der Waals surface area contributed by atoms with E-state index in [1.807, 2.05) is 10.6 Å². The number of amides is 1. The standard InChI is InChI=1S/C21H22Cl2N4OS/c1-4-13-7-6-8-14(5-2)19(13)27-20(16-10-9-15(22)11-17(16)23)25-26-21(27)29-12-18(28)24-3/h6-11H,4-5,12H2,1-3H3,(H,24,28). The number of nitrogens with one attached hydrogen (secondary N) is 1. The Morgan fingerprint density at radius 1 is 1.10 bits per heavy atom. The van der Waals surface area contributed by atoms with Gasteiger partial charge in [0.05, 0.1) is 16.5 Å². The fraction of sp³-hybridized carbons (Fsp3) is 0.286. The smallest absolute Gasteiger partial charge is 0.230 e. The highest BCUT2D eigenvalue weighted by molar-refractivity contribution is 7.99. The average Bonchev–Trinajstić information content (AvgIpc) is 3.14. The summed E-state index contributed by atoms with van der Waals surface area (Å²) in [6.45, 7) is 4.24. The average molecular weight is 449 g/mol. The summed E-state index contributed by atoms with van der Waals surface area (Å²) in [6, 6.07) is 11.6. The molecule has 0 aliphatic heterocycles. The number of para-hydroxylation sites is 1. The number of benzene rings is 2. The zero-order valence-electron chi connectivity index (χ0n) is 16.5. The van der Waals surface area contributed by atoms with E-state index < -0.39 is 0 Å². The molecule has 0 atom stereocenters. The van der Waals surface area contributed by atoms with Gasteiger partial charge in [0.2, 0.25) is 5.91 Å². The van der Waals surface area contributed by atoms with Gasteiger partial charge in [-0.3, -0.25) is 9.36 Å². The van der Waals surface area contributed by atoms with Crippen molar-refractivity contribution in [2.24, 2.45) is 0 Å². The van der Waals surface area contributed by atoms with Gasteiger partial charge in [0.1, 0.15) is 0 Å². The van der Waals surface area contributed by atoms with Crippen LogP contribution in [0.1, 0.15) is 25.0 Å². The summed E-state index contributed by atoms with van der Waals surface area (Å²) in [4.78, 5) is 11.8. The molecule has 0 radical (unpaired) electrons. The summed E-state index contributed by atoms with van der Waals surface area (Å²) in [6.07, 6.45) is 1.71. The van der Waals surface area contributed by atoms with Crippen LogP contribution >= 0.6 is 35.0 Å². The van der Waals surface area contributed by atoms with Crippen LogP contribution in [-0.2, 0) is 17.6 Å². The predicted molar refractivity (Wildman–Crippen MR) is 120 cm³/mol. The maximum Gasteiger partial charge on any atom is 0.230 e. The van der Waals surface area contributed by atoms with Crippen LogP contribution in [-0.4, -0.2) is 33.5 Å². The molecular weight excluding hydrogens is 427 g/mol. The largest absolute Gasteiger partial charge is 0.358 e. The first-order valence-corrected chi connectivity index (χ1v) is 11.1. The van der Waals surface area contributed by atoms with E-state index in [0.717, 1.165) is 24.1 Å². The number of nitrogens with zero attached hydrogens (tertiary/aromatic N) is 3. The Labute approximate surface area is 184 Å². The number of carbonyl (C=O) groups excluding carboxylic acids is 1. The molecule has 0 fully saturated rings. The van der Waals surface area contributed by atoms with Crippen molar-refractivity contribution in [2.45, 2.75) is 31.8 Å². The molecule has 29 heavy (non-hydrogen) atoms. The topological polar surface area (TPSA) is 59.8 Å². The molecule has 1 heterocycles. The van der Waals surface area contributed by atoms with E-state index in [0.29, 0.717) is 21.0 Å². The molecule has 0 unspecified atom stereocenters. The third-order valence-electron chi connectivity index (χ3n) is 4.61. The van der Waals surface area contributed by atoms with Crippen molar-refractivity contribution in [1.82, 2.24) is 20.1 Å². The zero-order valence-corrected chi connectivity index (χ0v) is 18.8. The fourth-order valence-corrected chi connectivity index (χ4v) is 4.42. The second kappa shape index (κ2) is 9.65. The molecule has 8 heteroatoms. The summed E-state index contributed by atoms with van der Waals surface area (Å²) in [7, 11) is 1.62. The Balaban J connectivity index is 2.25. The number of hydrogen-bond donors (Lipinski definition) is 1. The Morgan fingerprint density at radius 3 is 2.38 bits per heavy atom. The maximum absolute atomic E-state index is 11.8. The van der Waals surface area contributed by atoms with E-state index in [4.69, 9.17) is 23.2 Å². The Kier molecular flexibility index (Phi) is 7.22. The lowest BCUT2D eigenvalue weighted by molar-refractivity contribution is -0.118. The lowest BCUT2D eigenvalue weighted by Crippen LogP contribution is -2.20. The molecule has 1 amide bonds. The molecule has 3 rings (SSSR count). The molecule has 2 aromatic carbocycles. The van der Waals surface area contributed by atoms with Gasteiger partial charge in [0.15, 0.2) is 11.0 Å². The van der Waals surface area contributed by atoms with Gasteiger partial charge < -0.3 is 5.32 Å². The van der Waals surface area contributed by atoms with Crippen LogP contribution in [0.2, 0.25) is 10.0 Å². The molecule has 0 bridgehead atoms. The Hall–Kier alpha value is -2.02. The highest BCUT2D eigenvalue weighted by atomic mass is 35.5. The van der Waals surface area contributed by atoms with E-state index in [1.165, 1.54) is 22.9 Å². The number of rotatable bonds is 7. The van der Waals surface area contributed by atoms with Crippen LogP contribution in [0.4, 0.5) is 0 Å². The summed E-state index contributed by atoms with van der Waals surface area (Å²) in [5.41, 5.74) is 4.14. The van der Waals surface area contributed by atoms with Crippen LogP contribution in [0.15, 0.2) is 41.6 Å². The van der Waals surface area contributed by atoms with Crippen LogP contribution < -0.4 is 5.32 Å². The van der Waals surface area contributed by atoms with Crippen molar-refractivity contribution >= 4 is 40.9 Å². The number of halogens is 2. The molecule has 152 valence electrons. The minimum absolute atomic E-state index is 0.0740. The third kappa shape index (κ3) is 4.60. The summed E-state index contributed by atoms with van der Waals surface area (Å²) < 4.78 is 2.01. The molecular formula is C21H22Cl2N4OS. The second-order valence-electron chi connectivity index (χ2n) is 6.36. The molecule has 5 nitrogen and oxygen atoms in total. The molecule has 3 aromatic rings. The molecule has 1 aromatic heterocycles. The van der Waals surface area contributed by atoms with E-state index in [9.17, 15) is 4.79 Å². The first-order chi connectivity index (χ1) is 14.0. The minimum atomic E-state index is -0.0740. The van der Waals surface area contributed by atoms with Crippen molar-refractivity contribution in [1.29, 1.82) is 0 Å². The van der Waals surface area contributed by atoms with Crippen LogP contribution in [0, 0.1) is 0 Å². The van der Waals surface area contributed by atoms with Crippen molar-refractivity contribution in [3.8, 4) is 17.1 Å². The monoisotopic (exact) mass is 448 g/mol. The van der Waals surface area contributed by atoms with Crippen molar-refractivity contribution in [3.63, 3.8) is 0 Å². The number of hydrogen-bond acceptors (Lipinski definition) is 4. The molecule has 0 aliphatic carbocycles. The Morgan fingerprint density at radius 2 is 1.79 bits per heavy atom. The zero-order chi connectivity index (χ0) is 21.0. The minimum Gasteiger partial charge on any atom is -0.358 e. The Bertz CT molecular complexity index is 1010. The van der Waals surface area contributed by atoms with E-state index in [1.54, 1.807) is 19.2 Å². The molecule has 0 aliphatic rings. The van der Waals surface area contributed by atoms with Crippen LogP contribution in [0.25, 0.3) is 17.1 Å². The summed E-state index contributed by atoms with van der Waals surface area (Å²) in [5, 5.41) is 13.2. The van der Waals surface area contributed by atoms with Gasteiger partial charge in [-0.05, 0) is 42.2 Å².